The van der Waals surface area contributed by atoms with Crippen molar-refractivity contribution in [2.24, 2.45) is 4.99 Å². The van der Waals surface area contributed by atoms with Gasteiger partial charge in [0.15, 0.2) is 5.88 Å². The number of nitrogens with zero attached hydrogens (tertiary/aromatic N) is 3. The number of unbranched alkanes of at least 4 members (excludes halogenated alkanes) is 1. The molecule has 3 aromatic rings. The lowest BCUT2D eigenvalue weighted by Crippen LogP contribution is -2.43. The number of ether oxygens (including phenoxy) is 2. The van der Waals surface area contributed by atoms with Gasteiger partial charge in [0.1, 0.15) is 29.3 Å². The van der Waals surface area contributed by atoms with Crippen molar-refractivity contribution in [2.75, 3.05) is 32.0 Å². The van der Waals surface area contributed by atoms with Crippen LogP contribution in [0.3, 0.4) is 0 Å². The highest BCUT2D eigenvalue weighted by molar-refractivity contribution is 7.23. The van der Waals surface area contributed by atoms with Gasteiger partial charge in [0.05, 0.1) is 35.6 Å². The summed E-state index contributed by atoms with van der Waals surface area (Å²) in [5.41, 5.74) is 13.8. The number of anilines is 1. The molecule has 0 atom stereocenters. The maximum Gasteiger partial charge on any atom is 0.188 e. The van der Waals surface area contributed by atoms with Crippen molar-refractivity contribution in [1.29, 1.82) is 5.26 Å². The number of amidine groups is 1. The zero-order valence-corrected chi connectivity index (χ0v) is 28.0. The van der Waals surface area contributed by atoms with Gasteiger partial charge >= 0.3 is 0 Å². The summed E-state index contributed by atoms with van der Waals surface area (Å²) in [7, 11) is 0. The monoisotopic (exact) mass is 641 g/mol. The van der Waals surface area contributed by atoms with Crippen LogP contribution in [0.25, 0.3) is 21.2 Å². The van der Waals surface area contributed by atoms with Crippen LogP contribution in [-0.2, 0) is 29.1 Å². The Hall–Kier alpha value is -3.71. The molecule has 3 aliphatic heterocycles. The molecule has 3 aliphatic rings. The number of nitrogens with two attached hydrogens (primary N) is 1. The number of allylic oxidation sites excluding steroid dienone is 1. The Bertz CT molecular complexity index is 1750. The normalized spacial score (nSPS) is 17.7. The Balaban J connectivity index is 1.46. The number of fused-ring (bicyclic) bond motifs is 3. The molecule has 0 spiro atoms. The van der Waals surface area contributed by atoms with E-state index in [4.69, 9.17) is 20.2 Å². The Morgan fingerprint density at radius 3 is 2.72 bits per heavy atom. The Morgan fingerprint density at radius 2 is 2.02 bits per heavy atom. The first-order valence-electron chi connectivity index (χ1n) is 16.5. The number of hydrogen-bond acceptors (Lipinski definition) is 7. The molecule has 0 amide bonds. The molecule has 2 aromatic carbocycles. The molecule has 2 saturated heterocycles. The van der Waals surface area contributed by atoms with Crippen LogP contribution < -0.4 is 11.1 Å². The number of nitrogens with one attached hydrogen (secondary N) is 1. The predicted molar refractivity (Wildman–Crippen MR) is 185 cm³/mol. The summed E-state index contributed by atoms with van der Waals surface area (Å²) in [4.78, 5) is 7.62. The number of benzene rings is 2. The molecule has 6 rings (SSSR count). The third kappa shape index (κ3) is 5.61. The predicted octanol–water partition coefficient (Wildman–Crippen LogP) is 7.87. The van der Waals surface area contributed by atoms with Gasteiger partial charge in [0.2, 0.25) is 0 Å². The van der Waals surface area contributed by atoms with E-state index in [-0.39, 0.29) is 11.4 Å². The molecule has 0 unspecified atom stereocenters. The van der Waals surface area contributed by atoms with E-state index in [1.807, 2.05) is 0 Å². The van der Waals surface area contributed by atoms with Gasteiger partial charge in [-0.1, -0.05) is 32.4 Å². The minimum Gasteiger partial charge on any atom is -0.477 e. The molecule has 4 heterocycles. The molecule has 1 aromatic heterocycles. The van der Waals surface area contributed by atoms with Crippen LogP contribution in [-0.4, -0.2) is 42.5 Å². The quantitative estimate of drug-likeness (QED) is 0.0958. The zero-order valence-electron chi connectivity index (χ0n) is 27.2. The van der Waals surface area contributed by atoms with Crippen molar-refractivity contribution in [2.45, 2.75) is 84.5 Å². The molecule has 3 N–H and O–H groups in total. The number of thiophene rings is 1. The summed E-state index contributed by atoms with van der Waals surface area (Å²) in [6.07, 6.45) is 11.4. The second kappa shape index (κ2) is 13.6. The van der Waals surface area contributed by atoms with E-state index in [1.54, 1.807) is 12.1 Å². The molecule has 0 bridgehead atoms. The zero-order chi connectivity index (χ0) is 32.4. The summed E-state index contributed by atoms with van der Waals surface area (Å²) in [5, 5.41) is 14.6. The van der Waals surface area contributed by atoms with E-state index in [9.17, 15) is 5.26 Å². The second-order valence-electron chi connectivity index (χ2n) is 12.6. The fourth-order valence-electron chi connectivity index (χ4n) is 7.77. The second-order valence-corrected chi connectivity index (χ2v) is 13.6. The number of aliphatic imine (C=N–C) groups is 1. The highest BCUT2D eigenvalue weighted by atomic mass is 32.1. The molecule has 2 fully saturated rings. The largest absolute Gasteiger partial charge is 0.477 e. The van der Waals surface area contributed by atoms with Gasteiger partial charge in [-0.3, -0.25) is 9.89 Å². The van der Waals surface area contributed by atoms with E-state index < -0.39 is 0 Å². The number of rotatable bonds is 11. The number of hydrogen-bond donors (Lipinski definition) is 2. The number of nitriles is 1. The SMILES string of the molecule is C=CCN=C(N/C(=C/CCC)OCC12CCCN1CCC2)c1c(C)c(CC)c(-c2ccc(F)c3sc(N)c(C#N)c23)c2c1COC2. The summed E-state index contributed by atoms with van der Waals surface area (Å²) in [6, 6.07) is 5.51. The summed E-state index contributed by atoms with van der Waals surface area (Å²) < 4.78 is 28.2. The molecule has 0 saturated carbocycles. The van der Waals surface area contributed by atoms with Gasteiger partial charge in [0, 0.05) is 10.9 Å². The minimum absolute atomic E-state index is 0.126. The summed E-state index contributed by atoms with van der Waals surface area (Å²) in [6.45, 7) is 14.6. The third-order valence-electron chi connectivity index (χ3n) is 9.93. The van der Waals surface area contributed by atoms with Crippen LogP contribution in [0.1, 0.15) is 85.8 Å². The molecule has 9 heteroatoms. The molecule has 242 valence electrons. The van der Waals surface area contributed by atoms with Gasteiger partial charge in [-0.2, -0.15) is 5.26 Å². The van der Waals surface area contributed by atoms with Gasteiger partial charge in [-0.05, 0) is 104 Å². The van der Waals surface area contributed by atoms with E-state index >= 15 is 4.39 Å². The summed E-state index contributed by atoms with van der Waals surface area (Å²) >= 11 is 1.13. The average Bonchev–Trinajstić information content (AvgIpc) is 3.84. The van der Waals surface area contributed by atoms with E-state index in [0.717, 1.165) is 94.4 Å². The lowest BCUT2D eigenvalue weighted by Gasteiger charge is -2.32. The standard InChI is InChI=1S/C37H44FN5O2S/c1-5-8-11-30(45-22-37-14-9-17-43(37)18-10-15-37)42-36(41-16-6-2)31-23(4)24(7-3)32(28-21-44-20-27(28)31)25-12-13-29(38)34-33(25)26(19-39)35(40)46-34/h6,11-13H,2,5,7-10,14-18,20-22,40H2,1,3-4H3,(H,41,42)/b30-11-. The third-order valence-corrected chi connectivity index (χ3v) is 11.0. The van der Waals surface area contributed by atoms with E-state index in [1.165, 1.54) is 31.7 Å². The fraction of sp³-hybridized carbons (Fsp3) is 0.459. The van der Waals surface area contributed by atoms with E-state index in [0.29, 0.717) is 47.0 Å². The Morgan fingerprint density at radius 1 is 1.26 bits per heavy atom. The van der Waals surface area contributed by atoms with Crippen LogP contribution in [0.15, 0.2) is 41.7 Å². The van der Waals surface area contributed by atoms with Crippen LogP contribution in [0.4, 0.5) is 9.39 Å². The van der Waals surface area contributed by atoms with Crippen molar-refractivity contribution in [3.05, 3.63) is 75.9 Å². The maximum absolute atomic E-state index is 15.0. The van der Waals surface area contributed by atoms with Crippen molar-refractivity contribution in [3.8, 4) is 17.2 Å². The molecular formula is C37H44FN5O2S. The fourth-order valence-corrected chi connectivity index (χ4v) is 8.72. The number of halogens is 1. The van der Waals surface area contributed by atoms with E-state index in [2.05, 4.69) is 49.7 Å². The minimum atomic E-state index is -0.372. The molecule has 46 heavy (non-hydrogen) atoms. The molecule has 0 aliphatic carbocycles. The lowest BCUT2D eigenvalue weighted by molar-refractivity contribution is 0.0682. The van der Waals surface area contributed by atoms with Crippen molar-refractivity contribution < 1.29 is 13.9 Å². The van der Waals surface area contributed by atoms with Crippen LogP contribution >= 0.6 is 11.3 Å². The van der Waals surface area contributed by atoms with Gasteiger partial charge in [-0.15, -0.1) is 17.9 Å². The van der Waals surface area contributed by atoms with Crippen molar-refractivity contribution >= 4 is 32.3 Å². The Kier molecular flexibility index (Phi) is 9.51. The van der Waals surface area contributed by atoms with Crippen LogP contribution in [0.2, 0.25) is 0 Å². The first kappa shape index (κ1) is 32.2. The van der Waals surface area contributed by atoms with Gasteiger partial charge in [0.25, 0.3) is 0 Å². The van der Waals surface area contributed by atoms with Crippen molar-refractivity contribution in [3.63, 3.8) is 0 Å². The summed E-state index contributed by atoms with van der Waals surface area (Å²) in [5.74, 6) is 1.10. The highest BCUT2D eigenvalue weighted by Gasteiger charge is 2.45. The van der Waals surface area contributed by atoms with Gasteiger partial charge < -0.3 is 20.5 Å². The highest BCUT2D eigenvalue weighted by Crippen LogP contribution is 2.46. The Labute approximate surface area is 275 Å². The van der Waals surface area contributed by atoms with Gasteiger partial charge in [-0.25, -0.2) is 4.39 Å². The van der Waals surface area contributed by atoms with Crippen LogP contribution in [0, 0.1) is 24.1 Å². The molecule has 7 nitrogen and oxygen atoms in total. The molecule has 0 radical (unpaired) electrons. The first-order chi connectivity index (χ1) is 22.4. The molecular weight excluding hydrogens is 598 g/mol. The van der Waals surface area contributed by atoms with Crippen molar-refractivity contribution in [1.82, 2.24) is 10.2 Å². The smallest absolute Gasteiger partial charge is 0.188 e. The topological polar surface area (TPSA) is 95.9 Å². The maximum atomic E-state index is 15.0. The first-order valence-corrected chi connectivity index (χ1v) is 17.4. The lowest BCUT2D eigenvalue weighted by atomic mass is 9.82. The van der Waals surface area contributed by atoms with Crippen LogP contribution in [0.5, 0.6) is 0 Å². The average molecular weight is 642 g/mol. The number of nitrogen functional groups attached to an aromatic ring is 1.